The van der Waals surface area contributed by atoms with Crippen LogP contribution in [0.1, 0.15) is 33.4 Å². The summed E-state index contributed by atoms with van der Waals surface area (Å²) < 4.78 is 23.9. The number of hydrogen-bond acceptors (Lipinski definition) is 2. The molecule has 0 aliphatic heterocycles. The Hall–Kier alpha value is -1.00. The van der Waals surface area contributed by atoms with Crippen LogP contribution in [0, 0.1) is 41.5 Å². The van der Waals surface area contributed by atoms with Gasteiger partial charge in [-0.15, -0.1) is 0 Å². The van der Waals surface area contributed by atoms with Crippen molar-refractivity contribution in [1.82, 2.24) is 0 Å². The van der Waals surface area contributed by atoms with Gasteiger partial charge in [0.25, 0.3) is 0 Å². The van der Waals surface area contributed by atoms with Gasteiger partial charge >= 0.3 is 15.2 Å². The first-order valence-electron chi connectivity index (χ1n) is 7.36. The second kappa shape index (κ2) is 5.77. The van der Waals surface area contributed by atoms with Crippen LogP contribution < -0.4 is 10.6 Å². The SMILES string of the molecule is Cc1c(P(=O)(O)O)c(C)c2c(C)c(C)c(P(=O)(O)O)c(C)c2c1C. The van der Waals surface area contributed by atoms with Crippen molar-refractivity contribution in [3.63, 3.8) is 0 Å². The van der Waals surface area contributed by atoms with E-state index in [0.717, 1.165) is 0 Å². The van der Waals surface area contributed by atoms with Crippen LogP contribution in [-0.4, -0.2) is 19.6 Å². The fraction of sp³-hybridized carbons (Fsp3) is 0.375. The van der Waals surface area contributed by atoms with Gasteiger partial charge < -0.3 is 19.6 Å². The van der Waals surface area contributed by atoms with Crippen LogP contribution in [0.4, 0.5) is 0 Å². The van der Waals surface area contributed by atoms with Gasteiger partial charge in [-0.05, 0) is 85.7 Å². The van der Waals surface area contributed by atoms with E-state index in [4.69, 9.17) is 0 Å². The number of rotatable bonds is 2. The Morgan fingerprint density at radius 3 is 0.958 bits per heavy atom. The normalized spacial score (nSPS) is 12.9. The smallest absolute Gasteiger partial charge is 0.321 e. The summed E-state index contributed by atoms with van der Waals surface area (Å²) in [5.74, 6) is 0. The lowest BCUT2D eigenvalue weighted by atomic mass is 9.88. The van der Waals surface area contributed by atoms with Crippen molar-refractivity contribution in [2.45, 2.75) is 41.5 Å². The molecule has 0 saturated heterocycles. The summed E-state index contributed by atoms with van der Waals surface area (Å²) >= 11 is 0. The second-order valence-electron chi connectivity index (χ2n) is 6.29. The van der Waals surface area contributed by atoms with E-state index < -0.39 is 15.2 Å². The minimum Gasteiger partial charge on any atom is -0.321 e. The van der Waals surface area contributed by atoms with Gasteiger partial charge in [-0.2, -0.15) is 0 Å². The molecule has 2 aromatic carbocycles. The van der Waals surface area contributed by atoms with Gasteiger partial charge in [0.2, 0.25) is 0 Å². The summed E-state index contributed by atoms with van der Waals surface area (Å²) in [4.78, 5) is 38.9. The minimum absolute atomic E-state index is 0.00155. The fourth-order valence-corrected chi connectivity index (χ4v) is 6.02. The molecular formula is C16H22O6P2. The minimum atomic E-state index is -4.47. The van der Waals surface area contributed by atoms with Crippen LogP contribution in [0.5, 0.6) is 0 Å². The molecule has 0 aromatic heterocycles. The predicted molar refractivity (Wildman–Crippen MR) is 95.7 cm³/mol. The van der Waals surface area contributed by atoms with Gasteiger partial charge in [0.15, 0.2) is 0 Å². The van der Waals surface area contributed by atoms with Gasteiger partial charge in [0.1, 0.15) is 0 Å². The first-order valence-corrected chi connectivity index (χ1v) is 10.6. The third kappa shape index (κ3) is 2.78. The van der Waals surface area contributed by atoms with Crippen molar-refractivity contribution < 1.29 is 28.7 Å². The molecule has 0 saturated carbocycles. The zero-order chi connectivity index (χ0) is 18.8. The van der Waals surface area contributed by atoms with Crippen molar-refractivity contribution >= 4 is 36.6 Å². The molecule has 0 heterocycles. The molecule has 0 spiro atoms. The highest BCUT2D eigenvalue weighted by Gasteiger charge is 2.31. The Kier molecular flexibility index (Phi) is 4.65. The van der Waals surface area contributed by atoms with Crippen molar-refractivity contribution in [3.8, 4) is 0 Å². The van der Waals surface area contributed by atoms with Gasteiger partial charge in [0, 0.05) is 0 Å². The Morgan fingerprint density at radius 2 is 0.750 bits per heavy atom. The number of aryl methyl sites for hydroxylation is 4. The topological polar surface area (TPSA) is 115 Å². The first kappa shape index (κ1) is 19.3. The first-order chi connectivity index (χ1) is 10.7. The molecule has 24 heavy (non-hydrogen) atoms. The highest BCUT2D eigenvalue weighted by molar-refractivity contribution is 7.61. The van der Waals surface area contributed by atoms with Crippen molar-refractivity contribution in [1.29, 1.82) is 0 Å². The van der Waals surface area contributed by atoms with Crippen LogP contribution in [-0.2, 0) is 9.13 Å². The molecule has 0 radical (unpaired) electrons. The number of benzene rings is 2. The average Bonchev–Trinajstić information content (AvgIpc) is 2.37. The standard InChI is InChI=1S/C16H22O6P2/c1-7-9(3)15(23(17,18)19)12(6)14-8(2)10(4)16(24(20,21)22)11(5)13(7)14/h1-6H3,(H2,17,18,19)(H2,20,21,22). The second-order valence-corrected chi connectivity index (χ2v) is 9.36. The van der Waals surface area contributed by atoms with E-state index in [9.17, 15) is 28.7 Å². The van der Waals surface area contributed by atoms with Crippen LogP contribution >= 0.6 is 15.2 Å². The zero-order valence-corrected chi connectivity index (χ0v) is 16.3. The van der Waals surface area contributed by atoms with E-state index in [2.05, 4.69) is 0 Å². The van der Waals surface area contributed by atoms with Gasteiger partial charge in [0.05, 0.1) is 10.6 Å². The monoisotopic (exact) mass is 372 g/mol. The molecule has 0 unspecified atom stereocenters. The quantitative estimate of drug-likeness (QED) is 0.602. The summed E-state index contributed by atoms with van der Waals surface area (Å²) in [6.07, 6.45) is 0. The third-order valence-electron chi connectivity index (χ3n) is 4.88. The molecule has 2 aromatic rings. The van der Waals surface area contributed by atoms with Crippen molar-refractivity contribution in [3.05, 3.63) is 33.4 Å². The molecule has 0 atom stereocenters. The van der Waals surface area contributed by atoms with Gasteiger partial charge in [-0.1, -0.05) is 0 Å². The highest BCUT2D eigenvalue weighted by atomic mass is 31.2. The third-order valence-corrected chi connectivity index (χ3v) is 7.39. The molecule has 132 valence electrons. The molecule has 8 heteroatoms. The van der Waals surface area contributed by atoms with Crippen LogP contribution in [0.2, 0.25) is 0 Å². The van der Waals surface area contributed by atoms with Gasteiger partial charge in [-0.25, -0.2) is 0 Å². The molecule has 0 bridgehead atoms. The summed E-state index contributed by atoms with van der Waals surface area (Å²) in [6, 6.07) is 0. The zero-order valence-electron chi connectivity index (χ0n) is 14.5. The Morgan fingerprint density at radius 1 is 0.500 bits per heavy atom. The summed E-state index contributed by atoms with van der Waals surface area (Å²) in [6.45, 7) is 9.99. The molecular weight excluding hydrogens is 350 g/mol. The Balaban J connectivity index is 3.26. The fourth-order valence-electron chi connectivity index (χ4n) is 3.72. The van der Waals surface area contributed by atoms with Crippen molar-refractivity contribution in [2.24, 2.45) is 0 Å². The maximum absolute atomic E-state index is 11.9. The maximum Gasteiger partial charge on any atom is 0.356 e. The van der Waals surface area contributed by atoms with E-state index in [1.165, 1.54) is 0 Å². The Bertz CT molecular complexity index is 886. The number of fused-ring (bicyclic) bond motifs is 1. The van der Waals surface area contributed by atoms with E-state index in [1.807, 2.05) is 0 Å². The van der Waals surface area contributed by atoms with Crippen LogP contribution in [0.3, 0.4) is 0 Å². The predicted octanol–water partition coefficient (Wildman–Crippen LogP) is 2.30. The summed E-state index contributed by atoms with van der Waals surface area (Å²) in [5, 5.41) is 1.31. The van der Waals surface area contributed by atoms with E-state index in [0.29, 0.717) is 44.2 Å². The van der Waals surface area contributed by atoms with Crippen LogP contribution in [0.25, 0.3) is 10.8 Å². The molecule has 0 aliphatic carbocycles. The maximum atomic E-state index is 11.9. The molecule has 4 N–H and O–H groups in total. The lowest BCUT2D eigenvalue weighted by molar-refractivity contribution is 0.385. The van der Waals surface area contributed by atoms with E-state index in [1.54, 1.807) is 41.5 Å². The molecule has 6 nitrogen and oxygen atoms in total. The lowest BCUT2D eigenvalue weighted by Crippen LogP contribution is -2.20. The number of hydrogen-bond donors (Lipinski definition) is 4. The summed E-state index contributed by atoms with van der Waals surface area (Å²) in [7, 11) is -8.95. The Labute approximate surface area is 140 Å². The molecule has 0 amide bonds. The van der Waals surface area contributed by atoms with E-state index >= 15 is 0 Å². The van der Waals surface area contributed by atoms with Crippen molar-refractivity contribution in [2.75, 3.05) is 0 Å². The van der Waals surface area contributed by atoms with Crippen LogP contribution in [0.15, 0.2) is 0 Å². The van der Waals surface area contributed by atoms with E-state index in [-0.39, 0.29) is 10.6 Å². The average molecular weight is 372 g/mol. The largest absolute Gasteiger partial charge is 0.356 e. The molecule has 2 rings (SSSR count). The lowest BCUT2D eigenvalue weighted by Gasteiger charge is -2.24. The summed E-state index contributed by atoms with van der Waals surface area (Å²) in [5.41, 5.74) is 3.09. The van der Waals surface area contributed by atoms with Gasteiger partial charge in [-0.3, -0.25) is 9.13 Å². The molecule has 0 aliphatic rings. The molecule has 0 fully saturated rings. The highest BCUT2D eigenvalue weighted by Crippen LogP contribution is 2.44.